The normalized spacial score (nSPS) is 19.0. The lowest BCUT2D eigenvalue weighted by Gasteiger charge is -2.19. The van der Waals surface area contributed by atoms with Gasteiger partial charge in [-0.15, -0.1) is 0 Å². The fourth-order valence-electron chi connectivity index (χ4n) is 4.42. The first kappa shape index (κ1) is 23.5. The van der Waals surface area contributed by atoms with Crippen molar-refractivity contribution >= 4 is 34.7 Å². The fraction of sp³-hybridized carbons (Fsp3) is 0.320. The zero-order valence-electron chi connectivity index (χ0n) is 19.5. The molecule has 1 atom stereocenters. The first-order valence-corrected chi connectivity index (χ1v) is 11.5. The summed E-state index contributed by atoms with van der Waals surface area (Å²) in [4.78, 5) is 39.9. The monoisotopic (exact) mass is 493 g/mol. The summed E-state index contributed by atoms with van der Waals surface area (Å²) in [6.07, 6.45) is 4.54. The Balaban J connectivity index is 1.47. The number of anilines is 1. The van der Waals surface area contributed by atoms with Crippen molar-refractivity contribution in [2.75, 3.05) is 31.6 Å². The van der Waals surface area contributed by atoms with Gasteiger partial charge in [0.1, 0.15) is 24.1 Å². The molecule has 2 N–H and O–H groups in total. The van der Waals surface area contributed by atoms with Crippen molar-refractivity contribution in [2.45, 2.75) is 18.9 Å². The highest BCUT2D eigenvalue weighted by Crippen LogP contribution is 2.37. The van der Waals surface area contributed by atoms with E-state index in [0.717, 1.165) is 18.9 Å². The summed E-state index contributed by atoms with van der Waals surface area (Å²) in [7, 11) is 1.43. The largest absolute Gasteiger partial charge is 0.507 e. The number of hydrogen-bond donors (Lipinski definition) is 2. The standard InChI is InChI=1S/C25H24FN5O5/c1-36-29-20-13-30(11-15(20)10-27-9-14-4-2-3-5-21(14)32)24-19(26)8-17-22(33)18(25(34)35)12-31(16-6-7-16)23(17)28-24/h2-5,8-9,12,15-16,32H,6-7,10-11,13H2,1H3,(H,34,35). The number of phenols is 1. The number of aliphatic imine (C=N–C) groups is 1. The molecule has 11 heteroatoms. The maximum Gasteiger partial charge on any atom is 0.341 e. The Labute approximate surface area is 205 Å². The number of aromatic carboxylic acids is 1. The number of halogens is 1. The summed E-state index contributed by atoms with van der Waals surface area (Å²) < 4.78 is 16.9. The molecule has 0 radical (unpaired) electrons. The number of aromatic nitrogens is 2. The molecule has 1 saturated heterocycles. The van der Waals surface area contributed by atoms with Gasteiger partial charge < -0.3 is 24.5 Å². The van der Waals surface area contributed by atoms with Crippen molar-refractivity contribution < 1.29 is 24.2 Å². The second-order valence-corrected chi connectivity index (χ2v) is 8.88. The van der Waals surface area contributed by atoms with Gasteiger partial charge in [-0.2, -0.15) is 0 Å². The Morgan fingerprint density at radius 2 is 2.11 bits per heavy atom. The van der Waals surface area contributed by atoms with Gasteiger partial charge in [0.05, 0.1) is 17.6 Å². The van der Waals surface area contributed by atoms with Crippen LogP contribution in [0.2, 0.25) is 0 Å². The van der Waals surface area contributed by atoms with Crippen LogP contribution in [0.4, 0.5) is 10.2 Å². The summed E-state index contributed by atoms with van der Waals surface area (Å²) in [6.45, 7) is 0.939. The van der Waals surface area contributed by atoms with E-state index < -0.39 is 22.8 Å². The average molecular weight is 493 g/mol. The summed E-state index contributed by atoms with van der Waals surface area (Å²) in [5, 5.41) is 23.4. The van der Waals surface area contributed by atoms with E-state index in [1.807, 2.05) is 0 Å². The lowest BCUT2D eigenvalue weighted by molar-refractivity contribution is 0.0695. The first-order valence-electron chi connectivity index (χ1n) is 11.5. The quantitative estimate of drug-likeness (QED) is 0.382. The molecule has 1 aromatic carbocycles. The smallest absolute Gasteiger partial charge is 0.341 e. The second-order valence-electron chi connectivity index (χ2n) is 8.88. The van der Waals surface area contributed by atoms with Crippen molar-refractivity contribution in [3.05, 3.63) is 63.7 Å². The van der Waals surface area contributed by atoms with Crippen LogP contribution in [0.3, 0.4) is 0 Å². The maximum absolute atomic E-state index is 15.3. The molecule has 3 aromatic rings. The Bertz CT molecular complexity index is 1460. The lowest BCUT2D eigenvalue weighted by atomic mass is 10.1. The third-order valence-corrected chi connectivity index (χ3v) is 6.38. The number of para-hydroxylation sites is 1. The van der Waals surface area contributed by atoms with Gasteiger partial charge >= 0.3 is 5.97 Å². The maximum atomic E-state index is 15.3. The van der Waals surface area contributed by atoms with Crippen LogP contribution in [0, 0.1) is 11.7 Å². The zero-order chi connectivity index (χ0) is 25.4. The van der Waals surface area contributed by atoms with Crippen molar-refractivity contribution in [1.29, 1.82) is 0 Å². The number of aromatic hydroxyl groups is 1. The minimum Gasteiger partial charge on any atom is -0.507 e. The van der Waals surface area contributed by atoms with E-state index in [2.05, 4.69) is 15.1 Å². The number of carboxylic acids is 1. The van der Waals surface area contributed by atoms with Gasteiger partial charge in [-0.3, -0.25) is 9.79 Å². The number of hydrogen-bond acceptors (Lipinski definition) is 8. The van der Waals surface area contributed by atoms with Gasteiger partial charge in [-0.1, -0.05) is 17.3 Å². The topological polar surface area (TPSA) is 130 Å². The molecule has 10 nitrogen and oxygen atoms in total. The molecule has 5 rings (SSSR count). The Hall–Kier alpha value is -4.28. The van der Waals surface area contributed by atoms with Gasteiger partial charge in [0.2, 0.25) is 5.43 Å². The number of carbonyl (C=O) groups is 1. The van der Waals surface area contributed by atoms with Gasteiger partial charge in [-0.25, -0.2) is 14.2 Å². The highest BCUT2D eigenvalue weighted by molar-refractivity contribution is 5.95. The van der Waals surface area contributed by atoms with Gasteiger partial charge in [0.15, 0.2) is 11.6 Å². The number of pyridine rings is 2. The van der Waals surface area contributed by atoms with E-state index in [-0.39, 0.29) is 41.1 Å². The highest BCUT2D eigenvalue weighted by atomic mass is 19.1. The van der Waals surface area contributed by atoms with Crippen molar-refractivity contribution in [3.8, 4) is 5.75 Å². The molecular formula is C25H24FN5O5. The third kappa shape index (κ3) is 4.39. The molecule has 0 amide bonds. The molecule has 3 heterocycles. The first-order chi connectivity index (χ1) is 17.4. The SMILES string of the molecule is CON=C1CN(c2nc3c(cc2F)c(=O)c(C(=O)O)cn3C2CC2)CC1CN=Cc1ccccc1O. The molecule has 36 heavy (non-hydrogen) atoms. The van der Waals surface area contributed by atoms with E-state index in [1.54, 1.807) is 39.9 Å². The molecule has 1 aliphatic carbocycles. The molecule has 1 aliphatic heterocycles. The van der Waals surface area contributed by atoms with Crippen LogP contribution in [-0.2, 0) is 4.84 Å². The predicted octanol–water partition coefficient (Wildman–Crippen LogP) is 2.83. The summed E-state index contributed by atoms with van der Waals surface area (Å²) >= 11 is 0. The molecule has 2 aliphatic rings. The Morgan fingerprint density at radius 1 is 1.33 bits per heavy atom. The average Bonchev–Trinajstić information content (AvgIpc) is 3.62. The van der Waals surface area contributed by atoms with Gasteiger partial charge in [0, 0.05) is 43.0 Å². The van der Waals surface area contributed by atoms with E-state index in [1.165, 1.54) is 13.3 Å². The molecule has 0 spiro atoms. The van der Waals surface area contributed by atoms with E-state index in [4.69, 9.17) is 4.84 Å². The number of phenolic OH excluding ortho intramolecular Hbond substituents is 1. The van der Waals surface area contributed by atoms with Crippen LogP contribution in [0.15, 0.2) is 51.5 Å². The van der Waals surface area contributed by atoms with Crippen LogP contribution in [-0.4, -0.2) is 64.4 Å². The van der Waals surface area contributed by atoms with E-state index in [9.17, 15) is 19.8 Å². The fourth-order valence-corrected chi connectivity index (χ4v) is 4.42. The van der Waals surface area contributed by atoms with E-state index >= 15 is 4.39 Å². The van der Waals surface area contributed by atoms with Crippen LogP contribution >= 0.6 is 0 Å². The second kappa shape index (κ2) is 9.40. The highest BCUT2D eigenvalue weighted by Gasteiger charge is 2.33. The van der Waals surface area contributed by atoms with Crippen LogP contribution in [0.1, 0.15) is 34.8 Å². The van der Waals surface area contributed by atoms with Crippen molar-refractivity contribution in [1.82, 2.24) is 9.55 Å². The zero-order valence-corrected chi connectivity index (χ0v) is 19.5. The minimum atomic E-state index is -1.35. The molecule has 2 fully saturated rings. The predicted molar refractivity (Wildman–Crippen MR) is 132 cm³/mol. The number of benzene rings is 1. The van der Waals surface area contributed by atoms with E-state index in [0.29, 0.717) is 24.4 Å². The van der Waals surface area contributed by atoms with Crippen LogP contribution < -0.4 is 10.3 Å². The summed E-state index contributed by atoms with van der Waals surface area (Å²) in [5.74, 6) is -2.10. The summed E-state index contributed by atoms with van der Waals surface area (Å²) in [5.41, 5.74) is 0.344. The minimum absolute atomic E-state index is 0.0256. The number of fused-ring (bicyclic) bond motifs is 1. The van der Waals surface area contributed by atoms with Crippen LogP contribution in [0.5, 0.6) is 5.75 Å². The van der Waals surface area contributed by atoms with Crippen molar-refractivity contribution in [2.24, 2.45) is 16.1 Å². The van der Waals surface area contributed by atoms with Gasteiger partial charge in [0.25, 0.3) is 0 Å². The Kier molecular flexibility index (Phi) is 6.13. The number of oxime groups is 1. The molecule has 186 valence electrons. The third-order valence-electron chi connectivity index (χ3n) is 6.38. The number of rotatable bonds is 7. The number of nitrogens with zero attached hydrogens (tertiary/aromatic N) is 5. The Morgan fingerprint density at radius 3 is 2.81 bits per heavy atom. The lowest BCUT2D eigenvalue weighted by Crippen LogP contribution is -2.25. The molecule has 0 bridgehead atoms. The number of carboxylic acid groups (broad SMARTS) is 1. The van der Waals surface area contributed by atoms with Gasteiger partial charge in [-0.05, 0) is 31.0 Å². The molecular weight excluding hydrogens is 469 g/mol. The molecule has 1 unspecified atom stereocenters. The van der Waals surface area contributed by atoms with Crippen molar-refractivity contribution in [3.63, 3.8) is 0 Å². The van der Waals surface area contributed by atoms with Crippen LogP contribution in [0.25, 0.3) is 11.0 Å². The molecule has 2 aromatic heterocycles. The molecule has 1 saturated carbocycles. The summed E-state index contributed by atoms with van der Waals surface area (Å²) in [6, 6.07) is 7.94.